The molecule has 2 rings (SSSR count). The average Bonchev–Trinajstić information content (AvgIpc) is 2.29. The third-order valence-corrected chi connectivity index (χ3v) is 3.94. The topological polar surface area (TPSA) is 15.3 Å². The Morgan fingerprint density at radius 2 is 1.82 bits per heavy atom. The molecule has 2 saturated heterocycles. The van der Waals surface area contributed by atoms with Crippen molar-refractivity contribution in [1.29, 1.82) is 0 Å². The lowest BCUT2D eigenvalue weighted by Gasteiger charge is -2.36. The third-order valence-electron chi connectivity index (χ3n) is 3.94. The molecule has 5 heteroatoms. The van der Waals surface area contributed by atoms with Crippen molar-refractivity contribution in [2.45, 2.75) is 31.9 Å². The molecule has 0 radical (unpaired) electrons. The van der Waals surface area contributed by atoms with Crippen molar-refractivity contribution in [3.8, 4) is 0 Å². The highest BCUT2D eigenvalue weighted by Gasteiger charge is 2.41. The number of likely N-dealkylation sites (tertiary alicyclic amines) is 1. The van der Waals surface area contributed by atoms with Crippen LogP contribution >= 0.6 is 0 Å². The smallest absolute Gasteiger partial charge is 0.317 e. The first-order valence-electron chi connectivity index (χ1n) is 6.55. The fraction of sp³-hybridized carbons (Fsp3) is 1.00. The predicted octanol–water partition coefficient (Wildman–Crippen LogP) is 2.26. The lowest BCUT2D eigenvalue weighted by molar-refractivity contribution is -0.187. The van der Waals surface area contributed by atoms with Gasteiger partial charge in [-0.1, -0.05) is 0 Å². The summed E-state index contributed by atoms with van der Waals surface area (Å²) in [5, 5.41) is 3.29. The van der Waals surface area contributed by atoms with Crippen LogP contribution in [0.2, 0.25) is 0 Å². The highest BCUT2D eigenvalue weighted by atomic mass is 19.4. The number of hydrogen-bond donors (Lipinski definition) is 1. The number of nitrogens with zero attached hydrogens (tertiary/aromatic N) is 1. The summed E-state index contributed by atoms with van der Waals surface area (Å²) in [7, 11) is 0. The quantitative estimate of drug-likeness (QED) is 0.808. The second kappa shape index (κ2) is 5.57. The van der Waals surface area contributed by atoms with Crippen LogP contribution < -0.4 is 5.32 Å². The molecule has 0 amide bonds. The molecule has 1 N–H and O–H groups in total. The molecule has 0 aliphatic carbocycles. The summed E-state index contributed by atoms with van der Waals surface area (Å²) >= 11 is 0. The molecule has 2 fully saturated rings. The Morgan fingerprint density at radius 1 is 1.12 bits per heavy atom. The molecule has 0 aromatic heterocycles. The standard InChI is InChI=1S/C12H21F3N2/c13-12(14,15)11-2-1-7-17(9-11)8-10-3-5-16-6-4-10/h10-11,16H,1-9H2. The van der Waals surface area contributed by atoms with Crippen molar-refractivity contribution in [3.05, 3.63) is 0 Å². The molecule has 0 bridgehead atoms. The van der Waals surface area contributed by atoms with Gasteiger partial charge in [0.2, 0.25) is 0 Å². The maximum Gasteiger partial charge on any atom is 0.393 e. The van der Waals surface area contributed by atoms with Crippen LogP contribution in [0.1, 0.15) is 25.7 Å². The van der Waals surface area contributed by atoms with Crippen LogP contribution in [0.3, 0.4) is 0 Å². The van der Waals surface area contributed by atoms with E-state index in [1.807, 2.05) is 4.90 Å². The van der Waals surface area contributed by atoms with Crippen molar-refractivity contribution in [2.75, 3.05) is 32.7 Å². The zero-order valence-corrected chi connectivity index (χ0v) is 10.1. The first-order chi connectivity index (χ1) is 8.05. The van der Waals surface area contributed by atoms with Crippen LogP contribution in [0.4, 0.5) is 13.2 Å². The number of rotatable bonds is 2. The summed E-state index contributed by atoms with van der Waals surface area (Å²) in [6.07, 6.45) is -0.797. The minimum absolute atomic E-state index is 0.216. The van der Waals surface area contributed by atoms with E-state index in [-0.39, 0.29) is 6.54 Å². The fourth-order valence-electron chi connectivity index (χ4n) is 2.92. The van der Waals surface area contributed by atoms with Gasteiger partial charge in [-0.05, 0) is 51.2 Å². The Morgan fingerprint density at radius 3 is 2.47 bits per heavy atom. The normalized spacial score (nSPS) is 29.5. The van der Waals surface area contributed by atoms with E-state index in [0.29, 0.717) is 18.8 Å². The van der Waals surface area contributed by atoms with Gasteiger partial charge in [0.1, 0.15) is 0 Å². The number of nitrogens with one attached hydrogen (secondary N) is 1. The monoisotopic (exact) mass is 250 g/mol. The van der Waals surface area contributed by atoms with E-state index < -0.39 is 12.1 Å². The molecule has 0 aromatic rings. The fourth-order valence-corrected chi connectivity index (χ4v) is 2.92. The van der Waals surface area contributed by atoms with E-state index in [0.717, 1.165) is 39.0 Å². The molecule has 100 valence electrons. The second-order valence-electron chi connectivity index (χ2n) is 5.33. The van der Waals surface area contributed by atoms with E-state index >= 15 is 0 Å². The van der Waals surface area contributed by atoms with Crippen molar-refractivity contribution >= 4 is 0 Å². The van der Waals surface area contributed by atoms with Crippen LogP contribution in [-0.4, -0.2) is 43.8 Å². The molecule has 0 saturated carbocycles. The molecular weight excluding hydrogens is 229 g/mol. The van der Waals surface area contributed by atoms with Gasteiger partial charge in [0, 0.05) is 13.1 Å². The Labute approximate surface area is 101 Å². The Kier molecular flexibility index (Phi) is 4.31. The minimum atomic E-state index is -4.01. The van der Waals surface area contributed by atoms with Gasteiger partial charge in [0.25, 0.3) is 0 Å². The van der Waals surface area contributed by atoms with Gasteiger partial charge < -0.3 is 10.2 Å². The lowest BCUT2D eigenvalue weighted by Crippen LogP contribution is -2.44. The van der Waals surface area contributed by atoms with Crippen LogP contribution in [0.5, 0.6) is 0 Å². The van der Waals surface area contributed by atoms with E-state index in [4.69, 9.17) is 0 Å². The summed E-state index contributed by atoms with van der Waals surface area (Å²) in [5.74, 6) is -0.513. The first-order valence-corrected chi connectivity index (χ1v) is 6.55. The molecule has 0 spiro atoms. The summed E-state index contributed by atoms with van der Waals surface area (Å²) in [6.45, 7) is 3.95. The molecule has 2 aliphatic rings. The van der Waals surface area contributed by atoms with Crippen LogP contribution in [0, 0.1) is 11.8 Å². The van der Waals surface area contributed by atoms with Gasteiger partial charge in [0.15, 0.2) is 0 Å². The van der Waals surface area contributed by atoms with E-state index in [9.17, 15) is 13.2 Å². The minimum Gasteiger partial charge on any atom is -0.317 e. The zero-order chi connectivity index (χ0) is 12.3. The maximum atomic E-state index is 12.7. The maximum absolute atomic E-state index is 12.7. The molecule has 1 unspecified atom stereocenters. The number of halogens is 3. The molecule has 2 heterocycles. The van der Waals surface area contributed by atoms with E-state index in [1.54, 1.807) is 0 Å². The Bertz CT molecular complexity index is 236. The lowest BCUT2D eigenvalue weighted by atomic mass is 9.93. The Balaban J connectivity index is 1.80. The number of alkyl halides is 3. The van der Waals surface area contributed by atoms with Crippen LogP contribution in [0.15, 0.2) is 0 Å². The van der Waals surface area contributed by atoms with Crippen LogP contribution in [0.25, 0.3) is 0 Å². The predicted molar refractivity (Wildman–Crippen MR) is 60.8 cm³/mol. The molecule has 1 atom stereocenters. The zero-order valence-electron chi connectivity index (χ0n) is 10.1. The van der Waals surface area contributed by atoms with Crippen molar-refractivity contribution in [1.82, 2.24) is 10.2 Å². The average molecular weight is 250 g/mol. The van der Waals surface area contributed by atoms with Gasteiger partial charge in [-0.3, -0.25) is 0 Å². The van der Waals surface area contributed by atoms with Crippen molar-refractivity contribution in [2.24, 2.45) is 11.8 Å². The summed E-state index contributed by atoms with van der Waals surface area (Å²) in [4.78, 5) is 2.03. The van der Waals surface area contributed by atoms with Gasteiger partial charge in [-0.2, -0.15) is 13.2 Å². The molecule has 2 aliphatic heterocycles. The van der Waals surface area contributed by atoms with Gasteiger partial charge in [0.05, 0.1) is 5.92 Å². The van der Waals surface area contributed by atoms with Gasteiger partial charge in [-0.25, -0.2) is 0 Å². The number of hydrogen-bond acceptors (Lipinski definition) is 2. The Hall–Kier alpha value is -0.290. The molecule has 0 aromatic carbocycles. The van der Waals surface area contributed by atoms with Gasteiger partial charge >= 0.3 is 6.18 Å². The summed E-state index contributed by atoms with van der Waals surface area (Å²) in [6, 6.07) is 0. The van der Waals surface area contributed by atoms with Crippen LogP contribution in [-0.2, 0) is 0 Å². The molecular formula is C12H21F3N2. The van der Waals surface area contributed by atoms with Crippen molar-refractivity contribution < 1.29 is 13.2 Å². The second-order valence-corrected chi connectivity index (χ2v) is 5.33. The third kappa shape index (κ3) is 3.85. The van der Waals surface area contributed by atoms with E-state index in [1.165, 1.54) is 0 Å². The largest absolute Gasteiger partial charge is 0.393 e. The SMILES string of the molecule is FC(F)(F)C1CCCN(CC2CCNCC2)C1. The highest BCUT2D eigenvalue weighted by molar-refractivity contribution is 4.80. The van der Waals surface area contributed by atoms with Crippen molar-refractivity contribution in [3.63, 3.8) is 0 Å². The van der Waals surface area contributed by atoms with E-state index in [2.05, 4.69) is 5.32 Å². The van der Waals surface area contributed by atoms with Gasteiger partial charge in [-0.15, -0.1) is 0 Å². The summed E-state index contributed by atoms with van der Waals surface area (Å²) in [5.41, 5.74) is 0. The molecule has 2 nitrogen and oxygen atoms in total. The summed E-state index contributed by atoms with van der Waals surface area (Å²) < 4.78 is 38.0. The highest BCUT2D eigenvalue weighted by Crippen LogP contribution is 2.33. The number of piperidine rings is 2. The first kappa shape index (κ1) is 13.1. The molecule has 17 heavy (non-hydrogen) atoms.